The van der Waals surface area contributed by atoms with E-state index in [2.05, 4.69) is 30.5 Å². The molecule has 36 heavy (non-hydrogen) atoms. The van der Waals surface area contributed by atoms with Crippen LogP contribution in [0.15, 0.2) is 53.7 Å². The molecule has 0 spiro atoms. The van der Waals surface area contributed by atoms with Crippen LogP contribution in [0.4, 0.5) is 20.4 Å². The molecule has 4 aromatic rings. The summed E-state index contributed by atoms with van der Waals surface area (Å²) in [6.07, 6.45) is 6.23. The first-order chi connectivity index (χ1) is 17.2. The Labute approximate surface area is 202 Å². The minimum absolute atomic E-state index is 0.0275. The van der Waals surface area contributed by atoms with Crippen molar-refractivity contribution in [1.82, 2.24) is 25.1 Å². The number of amides is 1. The number of halogens is 2. The second kappa shape index (κ2) is 10.1. The number of hydrogen-bond acceptors (Lipinski definition) is 10. The molecule has 0 bridgehead atoms. The lowest BCUT2D eigenvalue weighted by molar-refractivity contribution is 0.100. The predicted molar refractivity (Wildman–Crippen MR) is 122 cm³/mol. The van der Waals surface area contributed by atoms with Gasteiger partial charge in [-0.3, -0.25) is 14.9 Å². The van der Waals surface area contributed by atoms with Gasteiger partial charge >= 0.3 is 5.76 Å². The average Bonchev–Trinajstić information content (AvgIpc) is 3.51. The quantitative estimate of drug-likeness (QED) is 0.282. The monoisotopic (exact) mass is 519 g/mol. The molecule has 4 N–H and O–H groups in total. The molecule has 0 aliphatic rings. The van der Waals surface area contributed by atoms with Crippen LogP contribution in [0.5, 0.6) is 5.75 Å². The molecule has 1 amide bonds. The Bertz CT molecular complexity index is 1460. The number of aromatic amines is 1. The zero-order valence-electron chi connectivity index (χ0n) is 18.6. The molecule has 0 fully saturated rings. The number of carbonyl (C=O) groups is 1. The molecule has 3 aromatic heterocycles. The number of anilines is 2. The van der Waals surface area contributed by atoms with Gasteiger partial charge in [0.25, 0.3) is 5.91 Å². The van der Waals surface area contributed by atoms with Crippen LogP contribution in [-0.4, -0.2) is 45.2 Å². The highest BCUT2D eigenvalue weighted by atomic mass is 32.2. The summed E-state index contributed by atoms with van der Waals surface area (Å²) in [5.74, 6) is -4.88. The number of H-pyrrole nitrogens is 1. The maximum Gasteiger partial charge on any atom is 0.337 e. The topological polar surface area (TPSA) is 179 Å². The molecule has 0 unspecified atom stereocenters. The second-order valence-electron chi connectivity index (χ2n) is 7.42. The Morgan fingerprint density at radius 3 is 2.69 bits per heavy atom. The highest BCUT2D eigenvalue weighted by Gasteiger charge is 2.28. The fourth-order valence-electron chi connectivity index (χ4n) is 3.26. The Morgan fingerprint density at radius 1 is 1.25 bits per heavy atom. The first-order valence-corrected chi connectivity index (χ1v) is 12.0. The van der Waals surface area contributed by atoms with Crippen molar-refractivity contribution >= 4 is 27.4 Å². The predicted octanol–water partition coefficient (Wildman–Crippen LogP) is 2.97. The van der Waals surface area contributed by atoms with E-state index in [4.69, 9.17) is 14.9 Å². The Kier molecular flexibility index (Phi) is 6.91. The number of rotatable bonds is 10. The maximum absolute atomic E-state index is 13.0. The Morgan fingerprint density at radius 2 is 2.06 bits per heavy atom. The van der Waals surface area contributed by atoms with Gasteiger partial charge in [0.1, 0.15) is 23.4 Å². The van der Waals surface area contributed by atoms with Gasteiger partial charge in [0.05, 0.1) is 23.8 Å². The van der Waals surface area contributed by atoms with Crippen molar-refractivity contribution in [3.63, 3.8) is 0 Å². The lowest BCUT2D eigenvalue weighted by Crippen LogP contribution is -2.15. The van der Waals surface area contributed by atoms with E-state index in [-0.39, 0.29) is 34.3 Å². The number of nitrogens with two attached hydrogens (primary N) is 1. The second-order valence-corrected chi connectivity index (χ2v) is 9.39. The first-order valence-electron chi connectivity index (χ1n) is 10.3. The summed E-state index contributed by atoms with van der Waals surface area (Å²) in [4.78, 5) is 24.2. The van der Waals surface area contributed by atoms with Crippen LogP contribution in [0.1, 0.15) is 34.8 Å². The van der Waals surface area contributed by atoms with Crippen LogP contribution < -0.4 is 15.8 Å². The molecule has 4 rings (SSSR count). The number of aromatic nitrogens is 5. The molecule has 0 saturated carbocycles. The summed E-state index contributed by atoms with van der Waals surface area (Å²) in [6.45, 7) is 1.58. The van der Waals surface area contributed by atoms with Crippen LogP contribution in [-0.2, 0) is 15.6 Å². The van der Waals surface area contributed by atoms with Gasteiger partial charge in [0.15, 0.2) is 11.9 Å². The average molecular weight is 519 g/mol. The maximum atomic E-state index is 13.0. The van der Waals surface area contributed by atoms with E-state index in [1.165, 1.54) is 49.2 Å². The summed E-state index contributed by atoms with van der Waals surface area (Å²) in [7, 11) is -4.76. The van der Waals surface area contributed by atoms with Gasteiger partial charge in [-0.2, -0.15) is 13.9 Å². The molecule has 0 aliphatic carbocycles. The van der Waals surface area contributed by atoms with E-state index in [1.807, 2.05) is 0 Å². The molecule has 12 nitrogen and oxygen atoms in total. The van der Waals surface area contributed by atoms with Crippen molar-refractivity contribution in [2.24, 2.45) is 5.73 Å². The van der Waals surface area contributed by atoms with Gasteiger partial charge in [-0.1, -0.05) is 12.1 Å². The number of primary amides is 1. The Hall–Kier alpha value is -4.40. The summed E-state index contributed by atoms with van der Waals surface area (Å²) in [6, 6.07) is 4.10. The third kappa shape index (κ3) is 5.30. The Balaban J connectivity index is 1.75. The molecule has 0 aliphatic heterocycles. The number of oxazole rings is 1. The third-order valence-corrected chi connectivity index (χ3v) is 6.17. The first kappa shape index (κ1) is 24.7. The summed E-state index contributed by atoms with van der Waals surface area (Å²) < 4.78 is 60.9. The number of alkyl halides is 2. The smallest absolute Gasteiger partial charge is 0.337 e. The van der Waals surface area contributed by atoms with Crippen LogP contribution in [0.25, 0.3) is 11.3 Å². The normalized spacial score (nSPS) is 12.4. The van der Waals surface area contributed by atoms with E-state index < -0.39 is 33.4 Å². The van der Waals surface area contributed by atoms with Crippen molar-refractivity contribution < 1.29 is 31.1 Å². The summed E-state index contributed by atoms with van der Waals surface area (Å²) in [5.41, 5.74) is 6.02. The number of ether oxygens (including phenoxy) is 1. The molecule has 1 atom stereocenters. The minimum atomic E-state index is -4.76. The molecular formula is C21H19F2N7O5S. The fourth-order valence-corrected chi connectivity index (χ4v) is 4.06. The largest absolute Gasteiger partial charge is 0.481 e. The van der Waals surface area contributed by atoms with Crippen molar-refractivity contribution in [1.29, 1.82) is 0 Å². The van der Waals surface area contributed by atoms with E-state index in [0.717, 1.165) is 0 Å². The van der Waals surface area contributed by atoms with Gasteiger partial charge in [-0.15, -0.1) is 0 Å². The van der Waals surface area contributed by atoms with Crippen LogP contribution in [0.3, 0.4) is 0 Å². The molecule has 0 saturated heterocycles. The standard InChI is InChI=1S/C21H19F2N7O5S/c1-11(20-27-6-7-34-20)35-14-8-12(2-3-13(14)10-36(32,33)21(22)23)17-16(18(24)31)19(30-29-17)28-15-9-25-4-5-26-15/h2-9,11,21H,10H2,1H3,(H2,24,31)(H2,26,28,29,30)/t11-/m0/s1. The van der Waals surface area contributed by atoms with E-state index in [1.54, 1.807) is 6.92 Å². The van der Waals surface area contributed by atoms with Crippen molar-refractivity contribution in [3.05, 3.63) is 66.3 Å². The molecular weight excluding hydrogens is 500 g/mol. The van der Waals surface area contributed by atoms with Crippen LogP contribution >= 0.6 is 0 Å². The number of carbonyl (C=O) groups excluding carboxylic acids is 1. The van der Waals surface area contributed by atoms with Gasteiger partial charge in [0.2, 0.25) is 15.7 Å². The molecule has 1 aromatic carbocycles. The van der Waals surface area contributed by atoms with Crippen LogP contribution in [0.2, 0.25) is 0 Å². The number of nitrogens with zero attached hydrogens (tertiary/aromatic N) is 4. The van der Waals surface area contributed by atoms with E-state index in [0.29, 0.717) is 11.4 Å². The summed E-state index contributed by atoms with van der Waals surface area (Å²) in [5, 5.41) is 9.61. The van der Waals surface area contributed by atoms with Gasteiger partial charge < -0.3 is 20.2 Å². The number of hydrogen-bond donors (Lipinski definition) is 3. The zero-order chi connectivity index (χ0) is 25.9. The van der Waals surface area contributed by atoms with Crippen molar-refractivity contribution in [2.75, 3.05) is 5.32 Å². The number of sulfone groups is 1. The number of benzene rings is 1. The van der Waals surface area contributed by atoms with Gasteiger partial charge in [-0.25, -0.2) is 18.4 Å². The molecule has 0 radical (unpaired) electrons. The lowest BCUT2D eigenvalue weighted by Gasteiger charge is -2.17. The van der Waals surface area contributed by atoms with Gasteiger partial charge in [0, 0.05) is 23.5 Å². The van der Waals surface area contributed by atoms with Crippen LogP contribution in [0, 0.1) is 0 Å². The SMILES string of the molecule is C[C@H](Oc1cc(-c2[nH]nc(Nc3cnccn3)c2C(N)=O)ccc1CS(=O)(=O)C(F)F)c1ncco1. The third-order valence-electron chi connectivity index (χ3n) is 4.91. The van der Waals surface area contributed by atoms with E-state index in [9.17, 15) is 22.0 Å². The molecule has 15 heteroatoms. The number of nitrogens with one attached hydrogen (secondary N) is 2. The fraction of sp³-hybridized carbons (Fsp3) is 0.190. The van der Waals surface area contributed by atoms with E-state index >= 15 is 0 Å². The summed E-state index contributed by atoms with van der Waals surface area (Å²) >= 11 is 0. The molecule has 188 valence electrons. The van der Waals surface area contributed by atoms with Crippen molar-refractivity contribution in [2.45, 2.75) is 24.5 Å². The highest BCUT2D eigenvalue weighted by Crippen LogP contribution is 2.34. The lowest BCUT2D eigenvalue weighted by atomic mass is 10.0. The van der Waals surface area contributed by atoms with Crippen molar-refractivity contribution in [3.8, 4) is 17.0 Å². The van der Waals surface area contributed by atoms with Gasteiger partial charge in [-0.05, 0) is 13.0 Å². The highest BCUT2D eigenvalue weighted by molar-refractivity contribution is 7.90. The zero-order valence-corrected chi connectivity index (χ0v) is 19.4. The molecule has 3 heterocycles. The minimum Gasteiger partial charge on any atom is -0.481 e.